The van der Waals surface area contributed by atoms with Crippen LogP contribution in [0.2, 0.25) is 0 Å². The first kappa shape index (κ1) is 16.4. The maximum absolute atomic E-state index is 13.6. The second-order valence-electron chi connectivity index (χ2n) is 6.12. The van der Waals surface area contributed by atoms with Gasteiger partial charge in [-0.1, -0.05) is 12.1 Å². The van der Waals surface area contributed by atoms with Crippen LogP contribution in [0.15, 0.2) is 48.8 Å². The Morgan fingerprint density at radius 3 is 2.83 bits per heavy atom. The molecule has 0 N–H and O–H groups in total. The molecule has 3 rings (SSSR count). The van der Waals surface area contributed by atoms with Gasteiger partial charge in [0.15, 0.2) is 11.6 Å². The zero-order valence-corrected chi connectivity index (χ0v) is 13.5. The summed E-state index contributed by atoms with van der Waals surface area (Å²) in [5.74, 6) is 0.285. The minimum Gasteiger partial charge on any atom is -0.490 e. The summed E-state index contributed by atoms with van der Waals surface area (Å²) < 4.78 is 19.2. The molecule has 0 aliphatic carbocycles. The lowest BCUT2D eigenvalue weighted by atomic mass is 9.98. The van der Waals surface area contributed by atoms with Crippen molar-refractivity contribution in [1.29, 1.82) is 0 Å². The number of halogens is 1. The van der Waals surface area contributed by atoms with Crippen molar-refractivity contribution in [2.45, 2.75) is 19.3 Å². The largest absolute Gasteiger partial charge is 0.490 e. The van der Waals surface area contributed by atoms with E-state index in [4.69, 9.17) is 4.74 Å². The molecule has 0 spiro atoms. The molecule has 1 fully saturated rings. The van der Waals surface area contributed by atoms with Gasteiger partial charge in [-0.3, -0.25) is 9.78 Å². The molecule has 2 aromatic rings. The third-order valence-electron chi connectivity index (χ3n) is 4.29. The average Bonchev–Trinajstić information content (AvgIpc) is 2.62. The van der Waals surface area contributed by atoms with Gasteiger partial charge in [0.05, 0.1) is 13.0 Å². The van der Waals surface area contributed by atoms with Gasteiger partial charge < -0.3 is 9.64 Å². The minimum absolute atomic E-state index is 0.122. The van der Waals surface area contributed by atoms with Crippen LogP contribution in [0, 0.1) is 11.7 Å². The molecule has 1 saturated heterocycles. The summed E-state index contributed by atoms with van der Waals surface area (Å²) in [5.41, 5.74) is 0.972. The van der Waals surface area contributed by atoms with Crippen molar-refractivity contribution in [3.8, 4) is 5.75 Å². The smallest absolute Gasteiger partial charge is 0.227 e. The van der Waals surface area contributed by atoms with Crippen molar-refractivity contribution in [2.24, 2.45) is 5.92 Å². The molecule has 126 valence electrons. The summed E-state index contributed by atoms with van der Waals surface area (Å²) in [5, 5.41) is 0. The SMILES string of the molecule is O=C(Cc1ccncc1)N1CCCC(COc2ccccc2F)C1. The van der Waals surface area contributed by atoms with Crippen LogP contribution >= 0.6 is 0 Å². The Balaban J connectivity index is 1.52. The first-order valence-corrected chi connectivity index (χ1v) is 8.26. The molecule has 2 heterocycles. The number of para-hydroxylation sites is 1. The Hall–Kier alpha value is -2.43. The van der Waals surface area contributed by atoms with E-state index in [2.05, 4.69) is 4.98 Å². The molecule has 1 aliphatic heterocycles. The number of carbonyl (C=O) groups excluding carboxylic acids is 1. The summed E-state index contributed by atoms with van der Waals surface area (Å²) in [6, 6.07) is 10.1. The van der Waals surface area contributed by atoms with E-state index in [9.17, 15) is 9.18 Å². The molecule has 1 aromatic heterocycles. The highest BCUT2D eigenvalue weighted by molar-refractivity contribution is 5.78. The van der Waals surface area contributed by atoms with Gasteiger partial charge in [-0.25, -0.2) is 4.39 Å². The number of amides is 1. The molecule has 4 nitrogen and oxygen atoms in total. The van der Waals surface area contributed by atoms with Crippen LogP contribution in [0.5, 0.6) is 5.75 Å². The standard InChI is InChI=1S/C19H21FN2O2/c20-17-5-1-2-6-18(17)24-14-16-4-3-11-22(13-16)19(23)12-15-7-9-21-10-8-15/h1-2,5-10,16H,3-4,11-14H2. The normalized spacial score (nSPS) is 17.5. The number of hydrogen-bond acceptors (Lipinski definition) is 3. The van der Waals surface area contributed by atoms with Gasteiger partial charge in [-0.2, -0.15) is 0 Å². The quantitative estimate of drug-likeness (QED) is 0.847. The summed E-state index contributed by atoms with van der Waals surface area (Å²) >= 11 is 0. The summed E-state index contributed by atoms with van der Waals surface area (Å²) in [6.07, 6.45) is 5.73. The zero-order valence-electron chi connectivity index (χ0n) is 13.5. The maximum atomic E-state index is 13.6. The van der Waals surface area contributed by atoms with Crippen LogP contribution in [0.1, 0.15) is 18.4 Å². The molecule has 0 radical (unpaired) electrons. The van der Waals surface area contributed by atoms with E-state index in [0.29, 0.717) is 19.6 Å². The number of ether oxygens (including phenoxy) is 1. The molecule has 0 saturated carbocycles. The van der Waals surface area contributed by atoms with Crippen molar-refractivity contribution < 1.29 is 13.9 Å². The Labute approximate surface area is 141 Å². The van der Waals surface area contributed by atoms with E-state index >= 15 is 0 Å². The monoisotopic (exact) mass is 328 g/mol. The highest BCUT2D eigenvalue weighted by Gasteiger charge is 2.24. The van der Waals surface area contributed by atoms with E-state index in [1.165, 1.54) is 6.07 Å². The van der Waals surface area contributed by atoms with E-state index in [1.54, 1.807) is 30.6 Å². The Bertz CT molecular complexity index is 678. The van der Waals surface area contributed by atoms with E-state index in [1.807, 2.05) is 17.0 Å². The van der Waals surface area contributed by atoms with Crippen LogP contribution in [-0.4, -0.2) is 35.5 Å². The summed E-state index contributed by atoms with van der Waals surface area (Å²) in [6.45, 7) is 1.87. The molecule has 1 atom stereocenters. The average molecular weight is 328 g/mol. The van der Waals surface area contributed by atoms with Gasteiger partial charge in [-0.05, 0) is 42.7 Å². The van der Waals surface area contributed by atoms with E-state index in [0.717, 1.165) is 24.9 Å². The molecular weight excluding hydrogens is 307 g/mol. The fraction of sp³-hybridized carbons (Fsp3) is 0.368. The molecule has 1 aliphatic rings. The lowest BCUT2D eigenvalue weighted by molar-refractivity contribution is -0.132. The summed E-state index contributed by atoms with van der Waals surface area (Å²) in [7, 11) is 0. The predicted octanol–water partition coefficient (Wildman–Crippen LogP) is 3.08. The second kappa shape index (κ2) is 7.90. The molecule has 1 aromatic carbocycles. The van der Waals surface area contributed by atoms with Gasteiger partial charge in [0.25, 0.3) is 0 Å². The number of aromatic nitrogens is 1. The van der Waals surface area contributed by atoms with Gasteiger partial charge in [-0.15, -0.1) is 0 Å². The van der Waals surface area contributed by atoms with Crippen molar-refractivity contribution in [1.82, 2.24) is 9.88 Å². The van der Waals surface area contributed by atoms with Gasteiger partial charge >= 0.3 is 0 Å². The Morgan fingerprint density at radius 2 is 2.04 bits per heavy atom. The number of likely N-dealkylation sites (tertiary alicyclic amines) is 1. The number of carbonyl (C=O) groups is 1. The van der Waals surface area contributed by atoms with Crippen LogP contribution in [0.3, 0.4) is 0 Å². The molecule has 0 bridgehead atoms. The first-order chi connectivity index (χ1) is 11.7. The Kier molecular flexibility index (Phi) is 5.41. The van der Waals surface area contributed by atoms with Gasteiger partial charge in [0, 0.05) is 31.4 Å². The number of hydrogen-bond donors (Lipinski definition) is 0. The number of nitrogens with zero attached hydrogens (tertiary/aromatic N) is 2. The molecule has 1 unspecified atom stereocenters. The Morgan fingerprint density at radius 1 is 1.25 bits per heavy atom. The molecule has 5 heteroatoms. The van der Waals surface area contributed by atoms with Crippen molar-refractivity contribution >= 4 is 5.91 Å². The van der Waals surface area contributed by atoms with Crippen molar-refractivity contribution in [3.05, 3.63) is 60.2 Å². The lowest BCUT2D eigenvalue weighted by Gasteiger charge is -2.32. The highest BCUT2D eigenvalue weighted by Crippen LogP contribution is 2.21. The minimum atomic E-state index is -0.348. The van der Waals surface area contributed by atoms with E-state index in [-0.39, 0.29) is 23.4 Å². The summed E-state index contributed by atoms with van der Waals surface area (Å²) in [4.78, 5) is 18.3. The van der Waals surface area contributed by atoms with Crippen LogP contribution in [0.25, 0.3) is 0 Å². The maximum Gasteiger partial charge on any atom is 0.227 e. The zero-order chi connectivity index (χ0) is 16.8. The fourth-order valence-corrected chi connectivity index (χ4v) is 2.98. The molecule has 24 heavy (non-hydrogen) atoms. The third-order valence-corrected chi connectivity index (χ3v) is 4.29. The number of piperidine rings is 1. The van der Waals surface area contributed by atoms with Gasteiger partial charge in [0.2, 0.25) is 5.91 Å². The number of rotatable bonds is 5. The molecular formula is C19H21FN2O2. The fourth-order valence-electron chi connectivity index (χ4n) is 2.98. The predicted molar refractivity (Wildman–Crippen MR) is 89.1 cm³/mol. The van der Waals surface area contributed by atoms with Crippen molar-refractivity contribution in [3.63, 3.8) is 0 Å². The second-order valence-corrected chi connectivity index (χ2v) is 6.12. The number of benzene rings is 1. The van der Waals surface area contributed by atoms with Crippen LogP contribution in [0.4, 0.5) is 4.39 Å². The highest BCUT2D eigenvalue weighted by atomic mass is 19.1. The van der Waals surface area contributed by atoms with Crippen molar-refractivity contribution in [2.75, 3.05) is 19.7 Å². The van der Waals surface area contributed by atoms with E-state index < -0.39 is 0 Å². The van der Waals surface area contributed by atoms with Gasteiger partial charge in [0.1, 0.15) is 0 Å². The molecule has 1 amide bonds. The topological polar surface area (TPSA) is 42.4 Å². The third kappa shape index (κ3) is 4.31. The van der Waals surface area contributed by atoms with Crippen LogP contribution < -0.4 is 4.74 Å². The van der Waals surface area contributed by atoms with Crippen LogP contribution in [-0.2, 0) is 11.2 Å². The number of pyridine rings is 1. The first-order valence-electron chi connectivity index (χ1n) is 8.26. The lowest BCUT2D eigenvalue weighted by Crippen LogP contribution is -2.42.